The fraction of sp³-hybridized carbons (Fsp3) is 0.692. The van der Waals surface area contributed by atoms with E-state index in [1.165, 1.54) is 103 Å². The fourth-order valence-corrected chi connectivity index (χ4v) is 8.77. The number of nitrogens with one attached hydrogen (secondary N) is 1. The van der Waals surface area contributed by atoms with Gasteiger partial charge in [0.1, 0.15) is 19.3 Å². The van der Waals surface area contributed by atoms with Crippen LogP contribution in [0.15, 0.2) is 109 Å². The Morgan fingerprint density at radius 2 is 0.867 bits per heavy atom. The van der Waals surface area contributed by atoms with Crippen molar-refractivity contribution in [3.8, 4) is 0 Å². The summed E-state index contributed by atoms with van der Waals surface area (Å²) in [5, 5.41) is 3.00. The molecule has 9 nitrogen and oxygen atoms in total. The van der Waals surface area contributed by atoms with Crippen molar-refractivity contribution in [1.82, 2.24) is 5.32 Å². The molecule has 0 aliphatic rings. The molecular weight excluding hydrogens is 952 g/mol. The third-order valence-corrected chi connectivity index (χ3v) is 13.7. The molecule has 1 N–H and O–H groups in total. The van der Waals surface area contributed by atoms with Gasteiger partial charge in [-0.25, -0.2) is 0 Å². The lowest BCUT2D eigenvalue weighted by Gasteiger charge is -2.30. The highest BCUT2D eigenvalue weighted by Gasteiger charge is 2.27. The van der Waals surface area contributed by atoms with Gasteiger partial charge < -0.3 is 28.5 Å². The van der Waals surface area contributed by atoms with Crippen molar-refractivity contribution in [3.05, 3.63) is 109 Å². The Morgan fingerprint density at radius 1 is 0.480 bits per heavy atom. The molecule has 0 aliphatic carbocycles. The standard InChI is InChI=1S/C65H113N2O7P/c1-7-10-13-16-19-22-25-28-30-32-33-35-37-40-43-46-49-52-55-58-65(69)74-63(56-53-50-47-44-41-38-27-24-21-18-15-12-9-3)62(61-73-75(70,71)72-60-59-67(4,5)6)66-64(68)57-54-51-48-45-42-39-36-34-31-29-26-23-20-17-14-11-8-2/h10,13,19-20,22-23,28-31,33,35,40,43,49,52-53,56,62-63H,7-9,11-12,14-18,21,24-27,32,34,36-39,41-42,44-48,50-51,54-55,57-61H2,1-6H3,(H-,66,68,70,71)/b13-10-,22-19-,23-20-,30-28-,31-29-,35-33-,43-40-,52-49-,56-53+. The number of phosphoric acid groups is 1. The van der Waals surface area contributed by atoms with Gasteiger partial charge in [0.2, 0.25) is 5.91 Å². The van der Waals surface area contributed by atoms with Gasteiger partial charge in [0.05, 0.1) is 33.8 Å². The van der Waals surface area contributed by atoms with Crippen LogP contribution >= 0.6 is 7.82 Å². The van der Waals surface area contributed by atoms with Crippen molar-refractivity contribution < 1.29 is 37.3 Å². The van der Waals surface area contributed by atoms with Crippen LogP contribution in [0.25, 0.3) is 0 Å². The van der Waals surface area contributed by atoms with Gasteiger partial charge in [0.25, 0.3) is 7.82 Å². The second kappa shape index (κ2) is 54.0. The highest BCUT2D eigenvalue weighted by molar-refractivity contribution is 7.45. The Kier molecular flexibility index (Phi) is 51.6. The number of amides is 1. The number of carbonyl (C=O) groups excluding carboxylic acids is 2. The number of allylic oxidation sites excluding steroid dienone is 17. The molecular formula is C65H113N2O7P. The van der Waals surface area contributed by atoms with Gasteiger partial charge in [-0.3, -0.25) is 14.2 Å². The zero-order chi connectivity index (χ0) is 55.0. The van der Waals surface area contributed by atoms with E-state index in [4.69, 9.17) is 13.8 Å². The van der Waals surface area contributed by atoms with E-state index < -0.39 is 32.5 Å². The van der Waals surface area contributed by atoms with Crippen molar-refractivity contribution in [1.29, 1.82) is 0 Å². The molecule has 430 valence electrons. The summed E-state index contributed by atoms with van der Waals surface area (Å²) in [7, 11) is 1.13. The molecule has 0 fully saturated rings. The molecule has 3 atom stereocenters. The summed E-state index contributed by atoms with van der Waals surface area (Å²) in [6.07, 6.45) is 73.5. The van der Waals surface area contributed by atoms with E-state index in [1.807, 2.05) is 39.4 Å². The minimum atomic E-state index is -4.72. The van der Waals surface area contributed by atoms with Gasteiger partial charge in [-0.05, 0) is 102 Å². The number of unbranched alkanes of at least 4 members (excludes halogenated alkanes) is 21. The fourth-order valence-electron chi connectivity index (χ4n) is 8.05. The van der Waals surface area contributed by atoms with Gasteiger partial charge in [0, 0.05) is 12.8 Å². The smallest absolute Gasteiger partial charge is 0.306 e. The van der Waals surface area contributed by atoms with Crippen molar-refractivity contribution in [2.75, 3.05) is 40.9 Å². The van der Waals surface area contributed by atoms with Crippen LogP contribution in [0.2, 0.25) is 0 Å². The normalized spacial score (nSPS) is 14.5. The minimum Gasteiger partial charge on any atom is -0.756 e. The number of ether oxygens (including phenoxy) is 1. The third kappa shape index (κ3) is 55.2. The van der Waals surface area contributed by atoms with Crippen molar-refractivity contribution in [2.45, 2.75) is 251 Å². The predicted molar refractivity (Wildman–Crippen MR) is 320 cm³/mol. The van der Waals surface area contributed by atoms with Crippen LogP contribution in [0.1, 0.15) is 239 Å². The van der Waals surface area contributed by atoms with Crippen molar-refractivity contribution in [3.63, 3.8) is 0 Å². The van der Waals surface area contributed by atoms with E-state index in [0.29, 0.717) is 23.9 Å². The Balaban J connectivity index is 5.47. The topological polar surface area (TPSA) is 114 Å². The summed E-state index contributed by atoms with van der Waals surface area (Å²) >= 11 is 0. The van der Waals surface area contributed by atoms with E-state index in [0.717, 1.165) is 89.9 Å². The molecule has 0 aromatic carbocycles. The van der Waals surface area contributed by atoms with Gasteiger partial charge >= 0.3 is 5.97 Å². The Morgan fingerprint density at radius 3 is 1.33 bits per heavy atom. The largest absolute Gasteiger partial charge is 0.756 e. The van der Waals surface area contributed by atoms with Crippen LogP contribution < -0.4 is 10.2 Å². The van der Waals surface area contributed by atoms with E-state index in [1.54, 1.807) is 6.08 Å². The van der Waals surface area contributed by atoms with Gasteiger partial charge in [0.15, 0.2) is 0 Å². The number of likely N-dealkylation sites (N-methyl/N-ethyl adjacent to an activating group) is 1. The SMILES string of the molecule is CC/C=C\C/C=C\C/C=C\C/C=C\C/C=C\C/C=C\CCC(=O)OC(/C=C/CCCCCCCCCCCCC)C(COP(=O)([O-])OCC[N+](C)(C)C)NC(=O)CCCCCCCCC/C=C\C/C=C\CCCCC. The molecule has 0 radical (unpaired) electrons. The van der Waals surface area contributed by atoms with E-state index >= 15 is 0 Å². The highest BCUT2D eigenvalue weighted by atomic mass is 31.2. The first-order valence-electron chi connectivity index (χ1n) is 30.2. The maximum absolute atomic E-state index is 13.5. The molecule has 10 heteroatoms. The van der Waals surface area contributed by atoms with Crippen LogP contribution in [0.5, 0.6) is 0 Å². The average molecular weight is 1070 g/mol. The summed E-state index contributed by atoms with van der Waals surface area (Å²) in [4.78, 5) is 39.9. The maximum Gasteiger partial charge on any atom is 0.306 e. The molecule has 0 rings (SSSR count). The molecule has 0 aromatic rings. The number of rotatable bonds is 53. The van der Waals surface area contributed by atoms with E-state index in [2.05, 4.69) is 111 Å². The monoisotopic (exact) mass is 1060 g/mol. The molecule has 0 heterocycles. The minimum absolute atomic E-state index is 0.0403. The lowest BCUT2D eigenvalue weighted by molar-refractivity contribution is -0.870. The third-order valence-electron chi connectivity index (χ3n) is 12.7. The number of hydrogen-bond donors (Lipinski definition) is 1. The van der Waals surface area contributed by atoms with Crippen LogP contribution in [0, 0.1) is 0 Å². The molecule has 3 unspecified atom stereocenters. The molecule has 1 amide bonds. The summed E-state index contributed by atoms with van der Waals surface area (Å²) in [5.74, 6) is -0.653. The summed E-state index contributed by atoms with van der Waals surface area (Å²) < 4.78 is 30.2. The quantitative estimate of drug-likeness (QED) is 0.0212. The second-order valence-electron chi connectivity index (χ2n) is 21.1. The van der Waals surface area contributed by atoms with Crippen molar-refractivity contribution >= 4 is 19.7 Å². The molecule has 0 spiro atoms. The molecule has 0 bridgehead atoms. The zero-order valence-electron chi connectivity index (χ0n) is 49.0. The van der Waals surface area contributed by atoms with Gasteiger partial charge in [-0.1, -0.05) is 233 Å². The van der Waals surface area contributed by atoms with Crippen LogP contribution in [-0.2, 0) is 27.9 Å². The molecule has 75 heavy (non-hydrogen) atoms. The number of nitrogens with zero attached hydrogens (tertiary/aromatic N) is 1. The molecule has 0 saturated heterocycles. The summed E-state index contributed by atoms with van der Waals surface area (Å²) in [6.45, 7) is 6.64. The molecule has 0 aliphatic heterocycles. The second-order valence-corrected chi connectivity index (χ2v) is 22.5. The first kappa shape index (κ1) is 71.7. The predicted octanol–water partition coefficient (Wildman–Crippen LogP) is 17.9. The average Bonchev–Trinajstić information content (AvgIpc) is 3.37. The molecule has 0 saturated carbocycles. The Hall–Kier alpha value is -3.33. The summed E-state index contributed by atoms with van der Waals surface area (Å²) in [6, 6.07) is -0.930. The molecule has 0 aromatic heterocycles. The lowest BCUT2D eigenvalue weighted by Crippen LogP contribution is -2.47. The van der Waals surface area contributed by atoms with Crippen LogP contribution in [0.4, 0.5) is 0 Å². The Labute approximate surface area is 461 Å². The Bertz CT molecular complexity index is 1650. The lowest BCUT2D eigenvalue weighted by atomic mass is 10.0. The van der Waals surface area contributed by atoms with E-state index in [9.17, 15) is 19.0 Å². The van der Waals surface area contributed by atoms with Gasteiger partial charge in [-0.15, -0.1) is 0 Å². The first-order valence-corrected chi connectivity index (χ1v) is 31.7. The van der Waals surface area contributed by atoms with Gasteiger partial charge in [-0.2, -0.15) is 0 Å². The van der Waals surface area contributed by atoms with Crippen molar-refractivity contribution in [2.24, 2.45) is 0 Å². The number of esters is 1. The summed E-state index contributed by atoms with van der Waals surface area (Å²) in [5.41, 5.74) is 0. The van der Waals surface area contributed by atoms with Crippen LogP contribution in [-0.4, -0.2) is 69.4 Å². The number of quaternary nitrogens is 1. The zero-order valence-corrected chi connectivity index (χ0v) is 49.9. The number of hydrogen-bond acceptors (Lipinski definition) is 7. The van der Waals surface area contributed by atoms with Crippen LogP contribution in [0.3, 0.4) is 0 Å². The number of carbonyl (C=O) groups is 2. The first-order chi connectivity index (χ1) is 36.4. The maximum atomic E-state index is 13.5. The highest BCUT2D eigenvalue weighted by Crippen LogP contribution is 2.38. The van der Waals surface area contributed by atoms with E-state index in [-0.39, 0.29) is 25.4 Å². The number of phosphoric ester groups is 1.